The Labute approximate surface area is 238 Å². The molecule has 0 radical (unpaired) electrons. The monoisotopic (exact) mass is 547 g/mol. The smallest absolute Gasteiger partial charge is 0.335 e. The van der Waals surface area contributed by atoms with E-state index in [1.165, 1.54) is 23.6 Å². The van der Waals surface area contributed by atoms with Gasteiger partial charge in [-0.15, -0.1) is 0 Å². The number of unbranched alkanes of at least 4 members (excludes halogenated alkanes) is 1. The van der Waals surface area contributed by atoms with Gasteiger partial charge in [-0.05, 0) is 89.6 Å². The average Bonchev–Trinajstić information content (AvgIpc) is 2.88. The highest BCUT2D eigenvalue weighted by molar-refractivity contribution is 6.33. The van der Waals surface area contributed by atoms with Crippen LogP contribution in [0.2, 0.25) is 5.02 Å². The Hall–Kier alpha value is -2.82. The number of fused-ring (bicyclic) bond motifs is 1. The molecule has 0 fully saturated rings. The van der Waals surface area contributed by atoms with E-state index in [0.717, 1.165) is 53.8 Å². The maximum absolute atomic E-state index is 11.4. The van der Waals surface area contributed by atoms with Crippen molar-refractivity contribution in [1.82, 2.24) is 5.32 Å². The first kappa shape index (κ1) is 29.2. The van der Waals surface area contributed by atoms with Crippen LogP contribution < -0.4 is 10.1 Å². The van der Waals surface area contributed by atoms with E-state index in [1.54, 1.807) is 12.1 Å². The molecule has 208 valence electrons. The number of ether oxygens (including phenoxy) is 1. The van der Waals surface area contributed by atoms with Crippen molar-refractivity contribution in [2.45, 2.75) is 84.1 Å². The van der Waals surface area contributed by atoms with Gasteiger partial charge in [-0.25, -0.2) is 4.79 Å². The standard InChI is InChI=1S/C34H42ClNO3/c1-22(2)36-17-7-8-18-39-31-14-11-23(26-12-9-25(32(37)38)21-30(26)35)19-27(31)24-10-13-28-29(20-24)34(5,6)16-15-33(28,3)4/h9-14,19-22,36H,7-8,15-18H2,1-6H3,(H,37,38). The van der Waals surface area contributed by atoms with E-state index in [0.29, 0.717) is 17.7 Å². The van der Waals surface area contributed by atoms with E-state index in [4.69, 9.17) is 16.3 Å². The Morgan fingerprint density at radius 3 is 2.23 bits per heavy atom. The first-order valence-electron chi connectivity index (χ1n) is 14.1. The summed E-state index contributed by atoms with van der Waals surface area (Å²) in [7, 11) is 0. The highest BCUT2D eigenvalue weighted by atomic mass is 35.5. The minimum Gasteiger partial charge on any atom is -0.493 e. The van der Waals surface area contributed by atoms with Crippen LogP contribution in [0.1, 0.15) is 88.7 Å². The van der Waals surface area contributed by atoms with Crippen LogP contribution in [-0.4, -0.2) is 30.3 Å². The maximum atomic E-state index is 11.4. The Morgan fingerprint density at radius 2 is 1.56 bits per heavy atom. The van der Waals surface area contributed by atoms with Crippen LogP contribution >= 0.6 is 11.6 Å². The predicted octanol–water partition coefficient (Wildman–Crippen LogP) is 8.88. The number of carboxylic acid groups (broad SMARTS) is 1. The Kier molecular flexibility index (Phi) is 8.78. The molecule has 0 unspecified atom stereocenters. The van der Waals surface area contributed by atoms with Gasteiger partial charge in [0.05, 0.1) is 12.2 Å². The van der Waals surface area contributed by atoms with Gasteiger partial charge in [0.15, 0.2) is 0 Å². The highest BCUT2D eigenvalue weighted by Crippen LogP contribution is 2.47. The average molecular weight is 548 g/mol. The molecular weight excluding hydrogens is 506 g/mol. The molecule has 0 bridgehead atoms. The van der Waals surface area contributed by atoms with Crippen LogP contribution in [0.25, 0.3) is 22.3 Å². The molecule has 0 atom stereocenters. The molecule has 0 saturated carbocycles. The second kappa shape index (κ2) is 11.7. The van der Waals surface area contributed by atoms with Crippen LogP contribution in [0.5, 0.6) is 5.75 Å². The molecular formula is C34H42ClNO3. The van der Waals surface area contributed by atoms with E-state index in [2.05, 4.69) is 71.1 Å². The fourth-order valence-corrected chi connectivity index (χ4v) is 5.78. The van der Waals surface area contributed by atoms with Crippen LogP contribution in [0.3, 0.4) is 0 Å². The molecule has 5 heteroatoms. The summed E-state index contributed by atoms with van der Waals surface area (Å²) >= 11 is 6.56. The molecule has 4 rings (SSSR count). The van der Waals surface area contributed by atoms with Gasteiger partial charge in [0, 0.05) is 22.2 Å². The van der Waals surface area contributed by atoms with Gasteiger partial charge in [0.1, 0.15) is 5.75 Å². The van der Waals surface area contributed by atoms with Crippen LogP contribution in [-0.2, 0) is 10.8 Å². The van der Waals surface area contributed by atoms with Gasteiger partial charge < -0.3 is 15.2 Å². The minimum atomic E-state index is -0.990. The lowest BCUT2D eigenvalue weighted by molar-refractivity contribution is 0.0697. The van der Waals surface area contributed by atoms with Gasteiger partial charge >= 0.3 is 5.97 Å². The molecule has 0 spiro atoms. The number of carboxylic acids is 1. The topological polar surface area (TPSA) is 58.6 Å². The molecule has 2 N–H and O–H groups in total. The zero-order valence-corrected chi connectivity index (χ0v) is 24.9. The molecule has 4 nitrogen and oxygen atoms in total. The van der Waals surface area contributed by atoms with Crippen molar-refractivity contribution in [3.63, 3.8) is 0 Å². The van der Waals surface area contributed by atoms with E-state index in [9.17, 15) is 9.90 Å². The number of aromatic carboxylic acids is 1. The minimum absolute atomic E-state index is 0.0961. The van der Waals surface area contributed by atoms with E-state index in [1.807, 2.05) is 12.1 Å². The fourth-order valence-electron chi connectivity index (χ4n) is 5.49. The first-order chi connectivity index (χ1) is 18.4. The molecule has 3 aromatic carbocycles. The summed E-state index contributed by atoms with van der Waals surface area (Å²) in [5.74, 6) is -0.141. The quantitative estimate of drug-likeness (QED) is 0.249. The predicted molar refractivity (Wildman–Crippen MR) is 162 cm³/mol. The Balaban J connectivity index is 1.73. The molecule has 3 aromatic rings. The third-order valence-corrected chi connectivity index (χ3v) is 8.36. The molecule has 0 saturated heterocycles. The second-order valence-electron chi connectivity index (χ2n) is 12.4. The van der Waals surface area contributed by atoms with Crippen LogP contribution in [0.4, 0.5) is 0 Å². The third kappa shape index (κ3) is 6.67. The van der Waals surface area contributed by atoms with E-state index >= 15 is 0 Å². The summed E-state index contributed by atoms with van der Waals surface area (Å²) in [6.07, 6.45) is 4.34. The lowest BCUT2D eigenvalue weighted by Crippen LogP contribution is -2.33. The van der Waals surface area contributed by atoms with Gasteiger partial charge in [-0.2, -0.15) is 0 Å². The molecule has 0 amide bonds. The normalized spacial score (nSPS) is 15.7. The number of rotatable bonds is 10. The number of benzene rings is 3. The molecule has 0 aliphatic heterocycles. The van der Waals surface area contributed by atoms with Crippen molar-refractivity contribution < 1.29 is 14.6 Å². The largest absolute Gasteiger partial charge is 0.493 e. The van der Waals surface area contributed by atoms with E-state index in [-0.39, 0.29) is 16.4 Å². The van der Waals surface area contributed by atoms with Gasteiger partial charge in [-0.3, -0.25) is 0 Å². The van der Waals surface area contributed by atoms with Crippen molar-refractivity contribution in [2.75, 3.05) is 13.2 Å². The summed E-state index contributed by atoms with van der Waals surface area (Å²) in [4.78, 5) is 11.4. The van der Waals surface area contributed by atoms with Crippen LogP contribution in [0, 0.1) is 0 Å². The first-order valence-corrected chi connectivity index (χ1v) is 14.5. The lowest BCUT2D eigenvalue weighted by Gasteiger charge is -2.42. The zero-order chi connectivity index (χ0) is 28.4. The highest BCUT2D eigenvalue weighted by Gasteiger charge is 2.37. The van der Waals surface area contributed by atoms with Crippen LogP contribution in [0.15, 0.2) is 54.6 Å². The molecule has 1 aliphatic carbocycles. The zero-order valence-electron chi connectivity index (χ0n) is 24.2. The molecule has 1 aliphatic rings. The number of halogens is 1. The number of hydrogen-bond acceptors (Lipinski definition) is 3. The second-order valence-corrected chi connectivity index (χ2v) is 12.8. The van der Waals surface area contributed by atoms with E-state index < -0.39 is 5.97 Å². The molecule has 0 aromatic heterocycles. The maximum Gasteiger partial charge on any atom is 0.335 e. The number of nitrogens with one attached hydrogen (secondary N) is 1. The van der Waals surface area contributed by atoms with Crippen molar-refractivity contribution in [1.29, 1.82) is 0 Å². The SMILES string of the molecule is CC(C)NCCCCOc1ccc(-c2ccc(C(=O)O)cc2Cl)cc1-c1ccc2c(c1)C(C)(C)CCC2(C)C. The summed E-state index contributed by atoms with van der Waals surface area (Å²) in [6, 6.07) is 18.4. The summed E-state index contributed by atoms with van der Waals surface area (Å²) < 4.78 is 6.37. The molecule has 39 heavy (non-hydrogen) atoms. The Morgan fingerprint density at radius 1 is 0.897 bits per heavy atom. The van der Waals surface area contributed by atoms with Gasteiger partial charge in [0.25, 0.3) is 0 Å². The van der Waals surface area contributed by atoms with Crippen molar-refractivity contribution in [3.8, 4) is 28.0 Å². The summed E-state index contributed by atoms with van der Waals surface area (Å²) in [5, 5.41) is 13.2. The molecule has 0 heterocycles. The van der Waals surface area contributed by atoms with Crippen molar-refractivity contribution in [3.05, 3.63) is 76.3 Å². The van der Waals surface area contributed by atoms with Gasteiger partial charge in [0.2, 0.25) is 0 Å². The number of hydrogen-bond donors (Lipinski definition) is 2. The fraction of sp³-hybridized carbons (Fsp3) is 0.441. The van der Waals surface area contributed by atoms with Gasteiger partial charge in [-0.1, -0.05) is 83.5 Å². The summed E-state index contributed by atoms with van der Waals surface area (Å²) in [6.45, 7) is 15.3. The van der Waals surface area contributed by atoms with Crippen molar-refractivity contribution >= 4 is 17.6 Å². The number of carbonyl (C=O) groups is 1. The Bertz CT molecular complexity index is 1340. The lowest BCUT2D eigenvalue weighted by atomic mass is 9.63. The van der Waals surface area contributed by atoms with Crippen molar-refractivity contribution in [2.24, 2.45) is 0 Å². The third-order valence-electron chi connectivity index (χ3n) is 8.05. The summed E-state index contributed by atoms with van der Waals surface area (Å²) in [5.41, 5.74) is 7.11.